The van der Waals surface area contributed by atoms with Crippen molar-refractivity contribution in [1.29, 1.82) is 0 Å². The zero-order valence-electron chi connectivity index (χ0n) is 12.2. The molecule has 1 unspecified atom stereocenters. The summed E-state index contributed by atoms with van der Waals surface area (Å²) in [6.45, 7) is 7.53. The second-order valence-corrected chi connectivity index (χ2v) is 5.29. The van der Waals surface area contributed by atoms with Crippen LogP contribution in [0.5, 0.6) is 0 Å². The van der Waals surface area contributed by atoms with Crippen LogP contribution in [0.1, 0.15) is 33.0 Å². The number of aromatic nitrogens is 3. The fraction of sp³-hybridized carbons (Fsp3) is 0.692. The molecule has 7 heteroatoms. The standard InChI is InChI=1S/C13H21N5O2/c1-4-17-8-15-16-11(17)6-14-13(20)10-5-12(19)18(7-10)9(2)3/h8-10H,4-7H2,1-3H3,(H,14,20). The Morgan fingerprint density at radius 1 is 1.55 bits per heavy atom. The van der Waals surface area contributed by atoms with Gasteiger partial charge in [-0.15, -0.1) is 10.2 Å². The molecule has 0 bridgehead atoms. The summed E-state index contributed by atoms with van der Waals surface area (Å²) in [6.07, 6.45) is 1.94. The van der Waals surface area contributed by atoms with Gasteiger partial charge in [0.05, 0.1) is 12.5 Å². The number of carbonyl (C=O) groups excluding carboxylic acids is 2. The number of likely N-dealkylation sites (tertiary alicyclic amines) is 1. The molecule has 1 aromatic rings. The van der Waals surface area contributed by atoms with Crippen LogP contribution in [0.3, 0.4) is 0 Å². The predicted octanol–water partition coefficient (Wildman–Crippen LogP) is 0.171. The van der Waals surface area contributed by atoms with E-state index in [-0.39, 0.29) is 23.8 Å². The molecule has 0 saturated carbocycles. The van der Waals surface area contributed by atoms with Crippen molar-refractivity contribution in [2.75, 3.05) is 6.54 Å². The van der Waals surface area contributed by atoms with E-state index in [0.29, 0.717) is 19.5 Å². The van der Waals surface area contributed by atoms with Crippen molar-refractivity contribution < 1.29 is 9.59 Å². The number of nitrogens with one attached hydrogen (secondary N) is 1. The van der Waals surface area contributed by atoms with Crippen molar-refractivity contribution in [2.45, 2.75) is 46.3 Å². The molecule has 1 fully saturated rings. The van der Waals surface area contributed by atoms with Gasteiger partial charge in [0.25, 0.3) is 0 Å². The molecule has 2 amide bonds. The van der Waals surface area contributed by atoms with Crippen molar-refractivity contribution >= 4 is 11.8 Å². The predicted molar refractivity (Wildman–Crippen MR) is 72.5 cm³/mol. The largest absolute Gasteiger partial charge is 0.348 e. The Kier molecular flexibility index (Phi) is 4.36. The zero-order chi connectivity index (χ0) is 14.7. The van der Waals surface area contributed by atoms with Crippen LogP contribution in [0.4, 0.5) is 0 Å². The SMILES string of the molecule is CCn1cnnc1CNC(=O)C1CC(=O)N(C(C)C)C1. The summed E-state index contributed by atoms with van der Waals surface area (Å²) in [5, 5.41) is 10.6. The minimum absolute atomic E-state index is 0.0527. The molecular formula is C13H21N5O2. The van der Waals surface area contributed by atoms with Gasteiger partial charge < -0.3 is 14.8 Å². The number of aryl methyl sites for hydroxylation is 1. The van der Waals surface area contributed by atoms with Crippen molar-refractivity contribution in [3.8, 4) is 0 Å². The van der Waals surface area contributed by atoms with Crippen molar-refractivity contribution in [3.63, 3.8) is 0 Å². The van der Waals surface area contributed by atoms with E-state index in [1.54, 1.807) is 11.2 Å². The van der Waals surface area contributed by atoms with E-state index in [0.717, 1.165) is 12.4 Å². The van der Waals surface area contributed by atoms with E-state index in [1.807, 2.05) is 25.3 Å². The van der Waals surface area contributed by atoms with Gasteiger partial charge in [-0.2, -0.15) is 0 Å². The third-order valence-corrected chi connectivity index (χ3v) is 3.61. The van der Waals surface area contributed by atoms with Gasteiger partial charge in [-0.1, -0.05) is 0 Å². The maximum atomic E-state index is 12.1. The van der Waals surface area contributed by atoms with Crippen molar-refractivity contribution in [3.05, 3.63) is 12.2 Å². The topological polar surface area (TPSA) is 80.1 Å². The van der Waals surface area contributed by atoms with Crippen LogP contribution in [-0.4, -0.2) is 44.1 Å². The van der Waals surface area contributed by atoms with E-state index < -0.39 is 0 Å². The molecule has 20 heavy (non-hydrogen) atoms. The molecule has 1 saturated heterocycles. The Hall–Kier alpha value is -1.92. The molecule has 0 aromatic carbocycles. The minimum atomic E-state index is -0.261. The monoisotopic (exact) mass is 279 g/mol. The average molecular weight is 279 g/mol. The second kappa shape index (κ2) is 6.02. The fourth-order valence-corrected chi connectivity index (χ4v) is 2.40. The molecule has 1 N–H and O–H groups in total. The normalized spacial score (nSPS) is 18.9. The van der Waals surface area contributed by atoms with Crippen LogP contribution in [0.2, 0.25) is 0 Å². The first kappa shape index (κ1) is 14.5. The molecule has 2 rings (SSSR count). The molecule has 0 spiro atoms. The van der Waals surface area contributed by atoms with Gasteiger partial charge in [-0.05, 0) is 20.8 Å². The summed E-state index contributed by atoms with van der Waals surface area (Å²) < 4.78 is 1.88. The number of amides is 2. The third kappa shape index (κ3) is 2.97. The van der Waals surface area contributed by atoms with E-state index in [1.165, 1.54) is 0 Å². The maximum absolute atomic E-state index is 12.1. The van der Waals surface area contributed by atoms with Crippen LogP contribution in [0.25, 0.3) is 0 Å². The number of hydrogen-bond donors (Lipinski definition) is 1. The van der Waals surface area contributed by atoms with Gasteiger partial charge in [-0.25, -0.2) is 0 Å². The number of nitrogens with zero attached hydrogens (tertiary/aromatic N) is 4. The summed E-state index contributed by atoms with van der Waals surface area (Å²) in [5.41, 5.74) is 0. The highest BCUT2D eigenvalue weighted by Crippen LogP contribution is 2.20. The summed E-state index contributed by atoms with van der Waals surface area (Å²) in [6, 6.07) is 0.142. The lowest BCUT2D eigenvalue weighted by molar-refractivity contribution is -0.130. The highest BCUT2D eigenvalue weighted by Gasteiger charge is 2.35. The van der Waals surface area contributed by atoms with Crippen LogP contribution >= 0.6 is 0 Å². The molecular weight excluding hydrogens is 258 g/mol. The molecule has 1 aliphatic heterocycles. The third-order valence-electron chi connectivity index (χ3n) is 3.61. The number of rotatable bonds is 5. The summed E-state index contributed by atoms with van der Waals surface area (Å²) >= 11 is 0. The molecule has 2 heterocycles. The average Bonchev–Trinajstić information content (AvgIpc) is 3.01. The van der Waals surface area contributed by atoms with E-state index in [9.17, 15) is 9.59 Å². The lowest BCUT2D eigenvalue weighted by Crippen LogP contribution is -2.35. The fourth-order valence-electron chi connectivity index (χ4n) is 2.40. The van der Waals surface area contributed by atoms with Crippen LogP contribution < -0.4 is 5.32 Å². The molecule has 1 aliphatic rings. The Morgan fingerprint density at radius 3 is 2.90 bits per heavy atom. The number of carbonyl (C=O) groups is 2. The molecule has 0 aliphatic carbocycles. The smallest absolute Gasteiger partial charge is 0.225 e. The first-order valence-corrected chi connectivity index (χ1v) is 6.96. The van der Waals surface area contributed by atoms with Gasteiger partial charge in [0.2, 0.25) is 11.8 Å². The Balaban J connectivity index is 1.89. The Morgan fingerprint density at radius 2 is 2.30 bits per heavy atom. The number of hydrogen-bond acceptors (Lipinski definition) is 4. The Bertz CT molecular complexity index is 497. The minimum Gasteiger partial charge on any atom is -0.348 e. The molecule has 7 nitrogen and oxygen atoms in total. The molecule has 0 radical (unpaired) electrons. The molecule has 1 atom stereocenters. The van der Waals surface area contributed by atoms with Gasteiger partial charge in [0, 0.05) is 25.6 Å². The highest BCUT2D eigenvalue weighted by atomic mass is 16.2. The van der Waals surface area contributed by atoms with Crippen molar-refractivity contribution in [1.82, 2.24) is 25.0 Å². The second-order valence-electron chi connectivity index (χ2n) is 5.29. The maximum Gasteiger partial charge on any atom is 0.225 e. The van der Waals surface area contributed by atoms with Gasteiger partial charge >= 0.3 is 0 Å². The van der Waals surface area contributed by atoms with Gasteiger partial charge in [0.15, 0.2) is 5.82 Å². The van der Waals surface area contributed by atoms with Crippen LogP contribution in [0.15, 0.2) is 6.33 Å². The lowest BCUT2D eigenvalue weighted by atomic mass is 10.1. The van der Waals surface area contributed by atoms with Gasteiger partial charge in [-0.3, -0.25) is 9.59 Å². The molecule has 1 aromatic heterocycles. The highest BCUT2D eigenvalue weighted by molar-refractivity contribution is 5.89. The molecule has 110 valence electrons. The van der Waals surface area contributed by atoms with Crippen molar-refractivity contribution in [2.24, 2.45) is 5.92 Å². The van der Waals surface area contributed by atoms with E-state index >= 15 is 0 Å². The first-order valence-electron chi connectivity index (χ1n) is 6.96. The first-order chi connectivity index (χ1) is 9.52. The summed E-state index contributed by atoms with van der Waals surface area (Å²) in [7, 11) is 0. The van der Waals surface area contributed by atoms with E-state index in [2.05, 4.69) is 15.5 Å². The Labute approximate surface area is 118 Å². The lowest BCUT2D eigenvalue weighted by Gasteiger charge is -2.20. The van der Waals surface area contributed by atoms with E-state index in [4.69, 9.17) is 0 Å². The summed E-state index contributed by atoms with van der Waals surface area (Å²) in [5.74, 6) is 0.429. The van der Waals surface area contributed by atoms with Gasteiger partial charge in [0.1, 0.15) is 6.33 Å². The van der Waals surface area contributed by atoms with Crippen LogP contribution in [-0.2, 0) is 22.7 Å². The quantitative estimate of drug-likeness (QED) is 0.833. The zero-order valence-corrected chi connectivity index (χ0v) is 12.2. The van der Waals surface area contributed by atoms with Crippen LogP contribution in [0, 0.1) is 5.92 Å². The summed E-state index contributed by atoms with van der Waals surface area (Å²) in [4.78, 5) is 25.6.